The zero-order chi connectivity index (χ0) is 10.8. The molecule has 0 saturated heterocycles. The molecular formula is C11H13FN2S. The van der Waals surface area contributed by atoms with Gasteiger partial charge in [0.2, 0.25) is 0 Å². The van der Waals surface area contributed by atoms with Crippen molar-refractivity contribution in [2.45, 2.75) is 19.4 Å². The number of nitrogens with one attached hydrogen (secondary N) is 1. The van der Waals surface area contributed by atoms with Crippen LogP contribution in [0.4, 0.5) is 4.39 Å². The van der Waals surface area contributed by atoms with Crippen LogP contribution in [0.15, 0.2) is 18.2 Å². The van der Waals surface area contributed by atoms with Crippen LogP contribution in [0.5, 0.6) is 0 Å². The van der Waals surface area contributed by atoms with Crippen molar-refractivity contribution in [3.05, 3.63) is 29.0 Å². The van der Waals surface area contributed by atoms with Gasteiger partial charge in [-0.05, 0) is 31.7 Å². The smallest absolute Gasteiger partial charge is 0.124 e. The Bertz CT molecular complexity index is 463. The molecule has 0 aliphatic carbocycles. The molecule has 2 aromatic rings. The predicted molar refractivity (Wildman–Crippen MR) is 61.7 cm³/mol. The first-order valence-corrected chi connectivity index (χ1v) is 5.79. The highest BCUT2D eigenvalue weighted by atomic mass is 32.1. The maximum Gasteiger partial charge on any atom is 0.124 e. The molecule has 15 heavy (non-hydrogen) atoms. The molecule has 0 aliphatic heterocycles. The number of aromatic nitrogens is 1. The molecule has 1 N–H and O–H groups in total. The van der Waals surface area contributed by atoms with Crippen molar-refractivity contribution in [1.29, 1.82) is 0 Å². The third-order valence-electron chi connectivity index (χ3n) is 2.42. The van der Waals surface area contributed by atoms with Crippen molar-refractivity contribution in [1.82, 2.24) is 10.3 Å². The summed E-state index contributed by atoms with van der Waals surface area (Å²) in [6.07, 6.45) is 0.985. The van der Waals surface area contributed by atoms with E-state index in [4.69, 9.17) is 0 Å². The zero-order valence-electron chi connectivity index (χ0n) is 8.75. The van der Waals surface area contributed by atoms with Crippen molar-refractivity contribution in [3.63, 3.8) is 0 Å². The normalized spacial score (nSPS) is 13.3. The summed E-state index contributed by atoms with van der Waals surface area (Å²) in [4.78, 5) is 4.49. The van der Waals surface area contributed by atoms with Gasteiger partial charge in [0.05, 0.1) is 16.3 Å². The summed E-state index contributed by atoms with van der Waals surface area (Å²) >= 11 is 1.56. The Balaban J connectivity index is 2.46. The van der Waals surface area contributed by atoms with Gasteiger partial charge in [0, 0.05) is 0 Å². The van der Waals surface area contributed by atoms with Gasteiger partial charge in [-0.3, -0.25) is 0 Å². The van der Waals surface area contributed by atoms with Crippen LogP contribution in [0.2, 0.25) is 0 Å². The highest BCUT2D eigenvalue weighted by molar-refractivity contribution is 7.18. The van der Waals surface area contributed by atoms with Gasteiger partial charge in [-0.1, -0.05) is 6.92 Å². The summed E-state index contributed by atoms with van der Waals surface area (Å²) in [7, 11) is 1.92. The quantitative estimate of drug-likeness (QED) is 0.866. The second kappa shape index (κ2) is 4.24. The average Bonchev–Trinajstić information content (AvgIpc) is 2.62. The Morgan fingerprint density at radius 1 is 1.53 bits per heavy atom. The van der Waals surface area contributed by atoms with Gasteiger partial charge in [0.15, 0.2) is 0 Å². The average molecular weight is 224 g/mol. The van der Waals surface area contributed by atoms with Gasteiger partial charge in [0.25, 0.3) is 0 Å². The molecule has 1 heterocycles. The molecule has 0 fully saturated rings. The van der Waals surface area contributed by atoms with Crippen LogP contribution < -0.4 is 5.32 Å². The number of hydrogen-bond donors (Lipinski definition) is 1. The molecule has 0 aliphatic rings. The SMILES string of the molecule is CCC(NC)c1nc2ccc(F)cc2s1. The molecule has 1 atom stereocenters. The lowest BCUT2D eigenvalue weighted by molar-refractivity contribution is 0.574. The number of hydrogen-bond acceptors (Lipinski definition) is 3. The third kappa shape index (κ3) is 2.01. The van der Waals surface area contributed by atoms with Crippen molar-refractivity contribution < 1.29 is 4.39 Å². The summed E-state index contributed by atoms with van der Waals surface area (Å²) in [5.41, 5.74) is 0.880. The van der Waals surface area contributed by atoms with E-state index in [1.807, 2.05) is 7.05 Å². The number of nitrogens with zero attached hydrogens (tertiary/aromatic N) is 1. The monoisotopic (exact) mass is 224 g/mol. The molecular weight excluding hydrogens is 211 g/mol. The molecule has 1 aromatic carbocycles. The maximum absolute atomic E-state index is 13.0. The number of rotatable bonds is 3. The lowest BCUT2D eigenvalue weighted by Gasteiger charge is -2.08. The van der Waals surface area contributed by atoms with Crippen LogP contribution in [0.25, 0.3) is 10.2 Å². The summed E-state index contributed by atoms with van der Waals surface area (Å²) in [5.74, 6) is -0.199. The van der Waals surface area contributed by atoms with Gasteiger partial charge in [-0.2, -0.15) is 0 Å². The Hall–Kier alpha value is -1.000. The zero-order valence-corrected chi connectivity index (χ0v) is 9.57. The van der Waals surface area contributed by atoms with Gasteiger partial charge in [-0.25, -0.2) is 9.37 Å². The van der Waals surface area contributed by atoms with Crippen LogP contribution >= 0.6 is 11.3 Å². The highest BCUT2D eigenvalue weighted by Crippen LogP contribution is 2.28. The van der Waals surface area contributed by atoms with Crippen LogP contribution in [0.3, 0.4) is 0 Å². The van der Waals surface area contributed by atoms with Gasteiger partial charge in [0.1, 0.15) is 10.8 Å². The molecule has 0 radical (unpaired) electrons. The highest BCUT2D eigenvalue weighted by Gasteiger charge is 2.12. The van der Waals surface area contributed by atoms with E-state index in [1.54, 1.807) is 23.5 Å². The topological polar surface area (TPSA) is 24.9 Å². The Morgan fingerprint density at radius 2 is 2.33 bits per heavy atom. The lowest BCUT2D eigenvalue weighted by Crippen LogP contribution is -2.14. The summed E-state index contributed by atoms with van der Waals surface area (Å²) in [6.45, 7) is 2.10. The molecule has 1 aromatic heterocycles. The van der Waals surface area contributed by atoms with Gasteiger partial charge >= 0.3 is 0 Å². The van der Waals surface area contributed by atoms with E-state index >= 15 is 0 Å². The first-order valence-electron chi connectivity index (χ1n) is 4.98. The van der Waals surface area contributed by atoms with E-state index in [2.05, 4.69) is 17.2 Å². The van der Waals surface area contributed by atoms with Gasteiger partial charge in [-0.15, -0.1) is 11.3 Å². The number of thiazole rings is 1. The Labute approximate surface area is 92.1 Å². The van der Waals surface area contributed by atoms with E-state index in [0.29, 0.717) is 0 Å². The largest absolute Gasteiger partial charge is 0.311 e. The molecule has 2 rings (SSSR count). The Morgan fingerprint density at radius 3 is 3.00 bits per heavy atom. The Kier molecular flexibility index (Phi) is 2.98. The standard InChI is InChI=1S/C11H13FN2S/c1-3-8(13-2)11-14-9-5-4-7(12)6-10(9)15-11/h4-6,8,13H,3H2,1-2H3. The van der Waals surface area contributed by atoms with Crippen molar-refractivity contribution in [2.24, 2.45) is 0 Å². The summed E-state index contributed by atoms with van der Waals surface area (Å²) < 4.78 is 13.9. The van der Waals surface area contributed by atoms with Gasteiger partial charge < -0.3 is 5.32 Å². The number of halogens is 1. The molecule has 2 nitrogen and oxygen atoms in total. The fourth-order valence-corrected chi connectivity index (χ4v) is 2.75. The molecule has 1 unspecified atom stereocenters. The third-order valence-corrected chi connectivity index (χ3v) is 3.55. The van der Waals surface area contributed by atoms with E-state index in [0.717, 1.165) is 21.6 Å². The fraction of sp³-hybridized carbons (Fsp3) is 0.364. The maximum atomic E-state index is 13.0. The van der Waals surface area contributed by atoms with E-state index in [9.17, 15) is 4.39 Å². The van der Waals surface area contributed by atoms with Crippen molar-refractivity contribution >= 4 is 21.6 Å². The second-order valence-corrected chi connectivity index (χ2v) is 4.48. The molecule has 80 valence electrons. The number of fused-ring (bicyclic) bond motifs is 1. The molecule has 4 heteroatoms. The summed E-state index contributed by atoms with van der Waals surface area (Å²) in [5, 5.41) is 4.23. The first-order chi connectivity index (χ1) is 7.24. The molecule has 0 amide bonds. The van der Waals surface area contributed by atoms with Crippen LogP contribution in [-0.4, -0.2) is 12.0 Å². The van der Waals surface area contributed by atoms with E-state index in [-0.39, 0.29) is 11.9 Å². The van der Waals surface area contributed by atoms with E-state index < -0.39 is 0 Å². The molecule has 0 spiro atoms. The first kappa shape index (κ1) is 10.5. The van der Waals surface area contributed by atoms with E-state index in [1.165, 1.54) is 6.07 Å². The fourth-order valence-electron chi connectivity index (χ4n) is 1.57. The van der Waals surface area contributed by atoms with Crippen molar-refractivity contribution in [2.75, 3.05) is 7.05 Å². The molecule has 0 bridgehead atoms. The molecule has 0 saturated carbocycles. The lowest BCUT2D eigenvalue weighted by atomic mass is 10.2. The van der Waals surface area contributed by atoms with Crippen LogP contribution in [0.1, 0.15) is 24.4 Å². The predicted octanol–water partition coefficient (Wildman–Crippen LogP) is 3.11. The minimum atomic E-state index is -0.199. The number of benzene rings is 1. The second-order valence-electron chi connectivity index (χ2n) is 3.41. The van der Waals surface area contributed by atoms with Crippen molar-refractivity contribution in [3.8, 4) is 0 Å². The minimum Gasteiger partial charge on any atom is -0.311 e. The minimum absolute atomic E-state index is 0.199. The summed E-state index contributed by atoms with van der Waals surface area (Å²) in [6, 6.07) is 4.99. The van der Waals surface area contributed by atoms with Crippen LogP contribution in [-0.2, 0) is 0 Å². The van der Waals surface area contributed by atoms with Crippen LogP contribution in [0, 0.1) is 5.82 Å².